The molecule has 3 atom stereocenters. The SMILES string of the molecule is CCN1CCN(C(=O)N[C@@H](C(=O)N[C@]2(NC=O)C(=O)N3C(C(=O)O)=C(CSc4cc[n+](N(C)C(C)=O)cc4)CS[C@@H]32)c2ccccc2)C(=O)C1=O. The highest BCUT2D eigenvalue weighted by atomic mass is 32.2. The van der Waals surface area contributed by atoms with Crippen LogP contribution in [-0.2, 0) is 33.6 Å². The molecule has 268 valence electrons. The second-order valence-electron chi connectivity index (χ2n) is 11.5. The van der Waals surface area contributed by atoms with Crippen LogP contribution in [0.25, 0.3) is 0 Å². The maximum atomic E-state index is 14.0. The van der Waals surface area contributed by atoms with E-state index in [4.69, 9.17) is 0 Å². The lowest BCUT2D eigenvalue weighted by atomic mass is 9.94. The molecule has 5 rings (SSSR count). The van der Waals surface area contributed by atoms with Gasteiger partial charge in [-0.25, -0.2) is 9.59 Å². The van der Waals surface area contributed by atoms with Gasteiger partial charge in [-0.3, -0.25) is 38.6 Å². The Morgan fingerprint density at radius 1 is 1.10 bits per heavy atom. The molecule has 0 spiro atoms. The van der Waals surface area contributed by atoms with E-state index < -0.39 is 52.7 Å². The molecule has 1 aromatic carbocycles. The number of fused-ring (bicyclic) bond motifs is 1. The Morgan fingerprint density at radius 2 is 1.78 bits per heavy atom. The predicted molar refractivity (Wildman–Crippen MR) is 182 cm³/mol. The molecule has 8 amide bonds. The third kappa shape index (κ3) is 7.11. The van der Waals surface area contributed by atoms with Gasteiger partial charge in [0.2, 0.25) is 30.4 Å². The maximum absolute atomic E-state index is 14.0. The minimum atomic E-state index is -2.07. The summed E-state index contributed by atoms with van der Waals surface area (Å²) in [6, 6.07) is 8.94. The zero-order valence-corrected chi connectivity index (χ0v) is 29.4. The summed E-state index contributed by atoms with van der Waals surface area (Å²) in [6.45, 7) is 3.39. The number of piperazine rings is 1. The molecule has 3 aliphatic rings. The Labute approximate surface area is 300 Å². The number of amides is 8. The van der Waals surface area contributed by atoms with E-state index in [2.05, 4.69) is 16.0 Å². The first kappa shape index (κ1) is 36.8. The Balaban J connectivity index is 1.36. The van der Waals surface area contributed by atoms with E-state index in [1.54, 1.807) is 61.4 Å². The van der Waals surface area contributed by atoms with E-state index in [0.29, 0.717) is 10.5 Å². The molecule has 2 fully saturated rings. The highest BCUT2D eigenvalue weighted by Gasteiger charge is 2.66. The Bertz CT molecular complexity index is 1810. The summed E-state index contributed by atoms with van der Waals surface area (Å²) in [5, 5.41) is 17.9. The summed E-state index contributed by atoms with van der Waals surface area (Å²) >= 11 is 2.45. The van der Waals surface area contributed by atoms with E-state index in [-0.39, 0.29) is 54.7 Å². The van der Waals surface area contributed by atoms with Crippen molar-refractivity contribution in [3.63, 3.8) is 0 Å². The number of carboxylic acid groups (broad SMARTS) is 1. The first-order chi connectivity index (χ1) is 24.3. The summed E-state index contributed by atoms with van der Waals surface area (Å²) in [6.07, 6.45) is 3.57. The quantitative estimate of drug-likeness (QED) is 0.0526. The van der Waals surface area contributed by atoms with Crippen LogP contribution in [-0.4, -0.2) is 117 Å². The van der Waals surface area contributed by atoms with Gasteiger partial charge in [0.15, 0.2) is 0 Å². The Hall–Kier alpha value is -5.43. The van der Waals surface area contributed by atoms with Crippen molar-refractivity contribution in [1.82, 2.24) is 30.7 Å². The van der Waals surface area contributed by atoms with Crippen LogP contribution in [0.4, 0.5) is 4.79 Å². The van der Waals surface area contributed by atoms with Crippen molar-refractivity contribution in [1.29, 1.82) is 0 Å². The number of rotatable bonds is 12. The lowest BCUT2D eigenvalue weighted by Crippen LogP contribution is -2.85. The predicted octanol–water partition coefficient (Wildman–Crippen LogP) is -0.866. The molecule has 0 radical (unpaired) electrons. The van der Waals surface area contributed by atoms with Gasteiger partial charge in [-0.05, 0) is 18.1 Å². The number of nitrogens with one attached hydrogen (secondary N) is 3. The number of nitrogens with zero attached hydrogens (tertiary/aromatic N) is 5. The van der Waals surface area contributed by atoms with Gasteiger partial charge in [0.1, 0.15) is 17.1 Å². The zero-order chi connectivity index (χ0) is 37.0. The van der Waals surface area contributed by atoms with Gasteiger partial charge in [0.25, 0.3) is 11.8 Å². The van der Waals surface area contributed by atoms with Gasteiger partial charge >= 0.3 is 23.8 Å². The number of aliphatic carboxylic acids is 1. The summed E-state index contributed by atoms with van der Waals surface area (Å²) in [4.78, 5) is 106. The van der Waals surface area contributed by atoms with Crippen molar-refractivity contribution in [2.75, 3.05) is 43.2 Å². The zero-order valence-electron chi connectivity index (χ0n) is 27.7. The van der Waals surface area contributed by atoms with Crippen molar-refractivity contribution in [3.05, 3.63) is 71.7 Å². The molecule has 0 saturated carbocycles. The lowest BCUT2D eigenvalue weighted by molar-refractivity contribution is -0.680. The van der Waals surface area contributed by atoms with Gasteiger partial charge in [-0.15, -0.1) is 28.5 Å². The molecule has 2 saturated heterocycles. The van der Waals surface area contributed by atoms with Crippen LogP contribution in [0.5, 0.6) is 0 Å². The molecule has 19 heteroatoms. The first-order valence-electron chi connectivity index (χ1n) is 15.6. The van der Waals surface area contributed by atoms with Crippen LogP contribution >= 0.6 is 23.5 Å². The molecule has 4 N–H and O–H groups in total. The average Bonchev–Trinajstić information content (AvgIpc) is 3.13. The minimum absolute atomic E-state index is 0.107. The van der Waals surface area contributed by atoms with Crippen LogP contribution in [0.2, 0.25) is 0 Å². The molecule has 3 aliphatic heterocycles. The highest BCUT2D eigenvalue weighted by molar-refractivity contribution is 8.01. The summed E-state index contributed by atoms with van der Waals surface area (Å²) in [5.74, 6) is -4.98. The molecule has 0 aliphatic carbocycles. The third-order valence-corrected chi connectivity index (χ3v) is 11.1. The number of pyridine rings is 1. The number of thioether (sulfide) groups is 2. The summed E-state index contributed by atoms with van der Waals surface area (Å²) in [7, 11) is 1.61. The van der Waals surface area contributed by atoms with E-state index >= 15 is 0 Å². The number of hydrogen-bond donors (Lipinski definition) is 4. The van der Waals surface area contributed by atoms with E-state index in [0.717, 1.165) is 21.6 Å². The fourth-order valence-corrected chi connectivity index (χ4v) is 8.17. The van der Waals surface area contributed by atoms with Crippen LogP contribution in [0.1, 0.15) is 25.5 Å². The second-order valence-corrected chi connectivity index (χ2v) is 13.7. The van der Waals surface area contributed by atoms with Crippen LogP contribution in [0, 0.1) is 0 Å². The van der Waals surface area contributed by atoms with Gasteiger partial charge in [0.05, 0.1) is 7.05 Å². The molecular formula is C32H35N8O9S2+. The maximum Gasteiger partial charge on any atom is 0.352 e. The number of β-lactam (4-membered cyclic amide) rings is 1. The van der Waals surface area contributed by atoms with Gasteiger partial charge in [-0.1, -0.05) is 35.0 Å². The number of likely N-dealkylation sites (N-methyl/N-ethyl adjacent to an activating group) is 1. The molecular weight excluding hydrogens is 705 g/mol. The van der Waals surface area contributed by atoms with Crippen molar-refractivity contribution in [2.24, 2.45) is 0 Å². The van der Waals surface area contributed by atoms with Crippen molar-refractivity contribution < 1.29 is 48.1 Å². The minimum Gasteiger partial charge on any atom is -0.477 e. The lowest BCUT2D eigenvalue weighted by Gasteiger charge is -2.56. The monoisotopic (exact) mass is 739 g/mol. The number of urea groups is 1. The van der Waals surface area contributed by atoms with Crippen molar-refractivity contribution in [2.45, 2.75) is 35.8 Å². The van der Waals surface area contributed by atoms with Crippen LogP contribution < -0.4 is 25.6 Å². The largest absolute Gasteiger partial charge is 0.477 e. The smallest absolute Gasteiger partial charge is 0.352 e. The van der Waals surface area contributed by atoms with Crippen molar-refractivity contribution in [3.8, 4) is 0 Å². The van der Waals surface area contributed by atoms with E-state index in [1.165, 1.54) is 40.7 Å². The number of imide groups is 1. The number of carboxylic acids is 1. The Morgan fingerprint density at radius 3 is 2.39 bits per heavy atom. The second kappa shape index (κ2) is 15.2. The number of carbonyl (C=O) groups excluding carboxylic acids is 7. The number of benzene rings is 1. The normalized spacial score (nSPS) is 20.6. The molecule has 1 aromatic heterocycles. The van der Waals surface area contributed by atoms with E-state index in [1.807, 2.05) is 0 Å². The standard InChI is InChI=1S/C32H34N8O9S2/c1-4-37-14-15-39(27(45)26(37)44)31(49)34-23(20-8-6-5-7-9-20)25(43)35-32(33-18-41)29(48)40-24(28(46)47)21(17-51-30(32)40)16-50-22-10-12-38(13-11-22)36(3)19(2)42/h5-13,18,23,30H,4,14-17H2,1-3H3,(H3-,33,34,35,41,43,46,47,49)/p+1/t23-,30-,32-/m1/s1. The fourth-order valence-electron chi connectivity index (χ4n) is 5.73. The van der Waals surface area contributed by atoms with Gasteiger partial charge in [-0.2, -0.15) is 0 Å². The fraction of sp³-hybridized carbons (Fsp3) is 0.344. The molecule has 17 nitrogen and oxygen atoms in total. The molecule has 2 aromatic rings. The first-order valence-corrected chi connectivity index (χ1v) is 17.7. The highest BCUT2D eigenvalue weighted by Crippen LogP contribution is 2.46. The van der Waals surface area contributed by atoms with Crippen LogP contribution in [0.15, 0.2) is 71.0 Å². The topological polar surface area (TPSA) is 210 Å². The number of carbonyl (C=O) groups is 8. The van der Waals surface area contributed by atoms with Gasteiger partial charge in [0, 0.05) is 55.1 Å². The van der Waals surface area contributed by atoms with Crippen LogP contribution in [0.3, 0.4) is 0 Å². The number of hydrogen-bond acceptors (Lipinski definition) is 10. The molecule has 4 heterocycles. The Kier molecular flexibility index (Phi) is 11.0. The number of aromatic nitrogens is 1. The summed E-state index contributed by atoms with van der Waals surface area (Å²) in [5.41, 5.74) is -1.66. The van der Waals surface area contributed by atoms with E-state index in [9.17, 15) is 43.5 Å². The average molecular weight is 740 g/mol. The van der Waals surface area contributed by atoms with Crippen molar-refractivity contribution >= 4 is 71.5 Å². The molecule has 0 unspecified atom stereocenters. The van der Waals surface area contributed by atoms with Gasteiger partial charge < -0.3 is 26.0 Å². The summed E-state index contributed by atoms with van der Waals surface area (Å²) < 4.78 is 1.59. The third-order valence-electron chi connectivity index (χ3n) is 8.56. The molecule has 51 heavy (non-hydrogen) atoms. The molecule has 0 bridgehead atoms.